The summed E-state index contributed by atoms with van der Waals surface area (Å²) in [4.78, 5) is 3.60. The molecule has 3 heterocycles. The molecule has 0 radical (unpaired) electrons. The molecular formula is C50H31N3. The average molecular weight is 674 g/mol. The summed E-state index contributed by atoms with van der Waals surface area (Å²) < 4.78 is 4.92. The maximum atomic E-state index is 3.60. The third-order valence-electron chi connectivity index (χ3n) is 11.4. The molecule has 3 heteroatoms. The van der Waals surface area contributed by atoms with Crippen molar-refractivity contribution >= 4 is 87.0 Å². The van der Waals surface area contributed by atoms with Gasteiger partial charge in [0.1, 0.15) is 0 Å². The first-order valence-corrected chi connectivity index (χ1v) is 18.3. The fraction of sp³-hybridized carbons (Fsp3) is 0. The van der Waals surface area contributed by atoms with Gasteiger partial charge in [0, 0.05) is 54.4 Å². The Labute approximate surface area is 304 Å². The van der Waals surface area contributed by atoms with Crippen LogP contribution in [0.25, 0.3) is 109 Å². The topological polar surface area (TPSA) is 25.6 Å². The molecule has 0 spiro atoms. The van der Waals surface area contributed by atoms with E-state index in [2.05, 4.69) is 196 Å². The van der Waals surface area contributed by atoms with Crippen molar-refractivity contribution in [3.63, 3.8) is 0 Å². The highest BCUT2D eigenvalue weighted by atomic mass is 15.0. The van der Waals surface area contributed by atoms with Gasteiger partial charge in [0.15, 0.2) is 0 Å². The lowest BCUT2D eigenvalue weighted by molar-refractivity contribution is 1.19. The first kappa shape index (κ1) is 28.6. The van der Waals surface area contributed by atoms with Crippen molar-refractivity contribution in [1.29, 1.82) is 0 Å². The van der Waals surface area contributed by atoms with Crippen LogP contribution >= 0.6 is 0 Å². The number of para-hydroxylation sites is 3. The summed E-state index contributed by atoms with van der Waals surface area (Å²) in [6.45, 7) is 0. The Bertz CT molecular complexity index is 3460. The van der Waals surface area contributed by atoms with Crippen molar-refractivity contribution in [2.24, 2.45) is 0 Å². The largest absolute Gasteiger partial charge is 0.355 e. The minimum Gasteiger partial charge on any atom is -0.355 e. The van der Waals surface area contributed by atoms with E-state index in [0.29, 0.717) is 0 Å². The quantitative estimate of drug-likeness (QED) is 0.181. The van der Waals surface area contributed by atoms with Gasteiger partial charge in [-0.15, -0.1) is 0 Å². The van der Waals surface area contributed by atoms with Crippen LogP contribution in [-0.2, 0) is 0 Å². The van der Waals surface area contributed by atoms with Gasteiger partial charge in [-0.05, 0) is 81.9 Å². The second-order valence-corrected chi connectivity index (χ2v) is 14.2. The van der Waals surface area contributed by atoms with Crippen LogP contribution in [0.15, 0.2) is 182 Å². The smallest absolute Gasteiger partial charge is 0.0547 e. The summed E-state index contributed by atoms with van der Waals surface area (Å²) in [5, 5.41) is 12.5. The SMILES string of the molecule is c1ccc2c(c1)cc(-n1c3ccccc3c3ccc(-c4ccc5c6ccccc6n(-c6ccc7[nH]c8ccccc8c7c6)c5c4)cc31)c1ccccc12. The zero-order chi connectivity index (χ0) is 34.6. The number of hydrogen-bond donors (Lipinski definition) is 1. The Balaban J connectivity index is 1.11. The number of aromatic nitrogens is 3. The van der Waals surface area contributed by atoms with Gasteiger partial charge in [-0.25, -0.2) is 0 Å². The number of H-pyrrole nitrogens is 1. The monoisotopic (exact) mass is 673 g/mol. The van der Waals surface area contributed by atoms with Crippen molar-refractivity contribution < 1.29 is 0 Å². The molecule has 9 aromatic carbocycles. The van der Waals surface area contributed by atoms with Crippen molar-refractivity contribution in [2.45, 2.75) is 0 Å². The first-order chi connectivity index (χ1) is 26.3. The molecule has 1 N–H and O–H groups in total. The van der Waals surface area contributed by atoms with E-state index in [1.165, 1.54) is 92.7 Å². The highest BCUT2D eigenvalue weighted by Crippen LogP contribution is 2.41. The number of benzene rings is 9. The zero-order valence-electron chi connectivity index (χ0n) is 28.7. The summed E-state index contributed by atoms with van der Waals surface area (Å²) >= 11 is 0. The first-order valence-electron chi connectivity index (χ1n) is 18.3. The molecule has 0 aliphatic carbocycles. The van der Waals surface area contributed by atoms with E-state index >= 15 is 0 Å². The molecule has 0 unspecified atom stereocenters. The normalized spacial score (nSPS) is 12.2. The molecule has 3 aromatic heterocycles. The van der Waals surface area contributed by atoms with Crippen molar-refractivity contribution in [1.82, 2.24) is 14.1 Å². The van der Waals surface area contributed by atoms with Crippen LogP contribution in [0.2, 0.25) is 0 Å². The van der Waals surface area contributed by atoms with E-state index in [4.69, 9.17) is 0 Å². The Morgan fingerprint density at radius 1 is 0.302 bits per heavy atom. The number of fused-ring (bicyclic) bond motifs is 12. The highest BCUT2D eigenvalue weighted by molar-refractivity contribution is 6.16. The molecule has 0 saturated heterocycles. The molecule has 0 fully saturated rings. The minimum absolute atomic E-state index is 1.15. The van der Waals surface area contributed by atoms with E-state index < -0.39 is 0 Å². The summed E-state index contributed by atoms with van der Waals surface area (Å²) in [6, 6.07) is 66.9. The van der Waals surface area contributed by atoms with Gasteiger partial charge in [-0.2, -0.15) is 0 Å². The van der Waals surface area contributed by atoms with Crippen LogP contribution in [0.1, 0.15) is 0 Å². The van der Waals surface area contributed by atoms with Gasteiger partial charge in [0.05, 0.1) is 27.8 Å². The molecule has 12 aromatic rings. The van der Waals surface area contributed by atoms with Crippen LogP contribution in [-0.4, -0.2) is 14.1 Å². The van der Waals surface area contributed by atoms with Crippen LogP contribution in [0.4, 0.5) is 0 Å². The molecule has 3 nitrogen and oxygen atoms in total. The van der Waals surface area contributed by atoms with E-state index in [1.54, 1.807) is 0 Å². The average Bonchev–Trinajstić information content (AvgIpc) is 3.87. The molecule has 53 heavy (non-hydrogen) atoms. The van der Waals surface area contributed by atoms with Crippen molar-refractivity contribution in [3.05, 3.63) is 182 Å². The number of aromatic amines is 1. The molecule has 0 aliphatic heterocycles. The second-order valence-electron chi connectivity index (χ2n) is 14.2. The lowest BCUT2D eigenvalue weighted by atomic mass is 9.99. The summed E-state index contributed by atoms with van der Waals surface area (Å²) in [7, 11) is 0. The van der Waals surface area contributed by atoms with Gasteiger partial charge in [0.25, 0.3) is 0 Å². The van der Waals surface area contributed by atoms with Gasteiger partial charge in [-0.3, -0.25) is 0 Å². The standard InChI is InChI=1S/C50H31N3/c1-2-12-35-33(11-1)29-50(38-15-4-3-13-36(35)38)53-47-20-10-7-17-40(47)42-25-22-32(28-49(42)53)31-21-24-41-39-16-6-9-19-46(39)52(48(41)27-31)34-23-26-45-43(30-34)37-14-5-8-18-44(37)51-45/h1-30,51H. The fourth-order valence-corrected chi connectivity index (χ4v) is 9.03. The molecule has 0 aliphatic rings. The second kappa shape index (κ2) is 10.7. The molecule has 0 bridgehead atoms. The summed E-state index contributed by atoms with van der Waals surface area (Å²) in [5.74, 6) is 0. The summed E-state index contributed by atoms with van der Waals surface area (Å²) in [5.41, 5.74) is 11.9. The fourth-order valence-electron chi connectivity index (χ4n) is 9.03. The Hall–Kier alpha value is -7.10. The lowest BCUT2D eigenvalue weighted by Gasteiger charge is -2.15. The third kappa shape index (κ3) is 4.05. The lowest BCUT2D eigenvalue weighted by Crippen LogP contribution is -1.96. The van der Waals surface area contributed by atoms with E-state index in [-0.39, 0.29) is 0 Å². The Morgan fingerprint density at radius 2 is 0.830 bits per heavy atom. The number of nitrogens with zero attached hydrogens (tertiary/aromatic N) is 2. The van der Waals surface area contributed by atoms with Crippen molar-refractivity contribution in [2.75, 3.05) is 0 Å². The Kier molecular flexibility index (Phi) is 5.77. The minimum atomic E-state index is 1.15. The molecule has 0 atom stereocenters. The van der Waals surface area contributed by atoms with Gasteiger partial charge < -0.3 is 14.1 Å². The van der Waals surface area contributed by atoms with E-state index in [0.717, 1.165) is 16.7 Å². The van der Waals surface area contributed by atoms with Gasteiger partial charge in [0.2, 0.25) is 0 Å². The molecule has 0 amide bonds. The van der Waals surface area contributed by atoms with Crippen LogP contribution in [0, 0.1) is 0 Å². The van der Waals surface area contributed by atoms with Crippen LogP contribution in [0.5, 0.6) is 0 Å². The Morgan fingerprint density at radius 3 is 1.57 bits per heavy atom. The maximum absolute atomic E-state index is 3.60. The number of rotatable bonds is 3. The predicted molar refractivity (Wildman–Crippen MR) is 225 cm³/mol. The van der Waals surface area contributed by atoms with E-state index in [9.17, 15) is 0 Å². The van der Waals surface area contributed by atoms with Gasteiger partial charge in [-0.1, -0.05) is 127 Å². The highest BCUT2D eigenvalue weighted by Gasteiger charge is 2.18. The van der Waals surface area contributed by atoms with Crippen LogP contribution < -0.4 is 0 Å². The maximum Gasteiger partial charge on any atom is 0.0547 e. The predicted octanol–water partition coefficient (Wildman–Crippen LogP) is 13.5. The van der Waals surface area contributed by atoms with Gasteiger partial charge >= 0.3 is 0 Å². The summed E-state index contributed by atoms with van der Waals surface area (Å²) in [6.07, 6.45) is 0. The molecule has 12 rings (SSSR count). The third-order valence-corrected chi connectivity index (χ3v) is 11.4. The molecular weight excluding hydrogens is 643 g/mol. The molecule has 246 valence electrons. The van der Waals surface area contributed by atoms with Crippen LogP contribution in [0.3, 0.4) is 0 Å². The number of nitrogens with one attached hydrogen (secondary N) is 1. The number of hydrogen-bond acceptors (Lipinski definition) is 0. The van der Waals surface area contributed by atoms with Crippen molar-refractivity contribution in [3.8, 4) is 22.5 Å². The zero-order valence-corrected chi connectivity index (χ0v) is 28.7. The van der Waals surface area contributed by atoms with E-state index in [1.807, 2.05) is 0 Å². The molecule has 0 saturated carbocycles.